The van der Waals surface area contributed by atoms with Gasteiger partial charge in [0.25, 0.3) is 5.91 Å². The Hall–Kier alpha value is -1.13. The summed E-state index contributed by atoms with van der Waals surface area (Å²) < 4.78 is 0.837. The first-order valence-electron chi connectivity index (χ1n) is 6.19. The van der Waals surface area contributed by atoms with Crippen molar-refractivity contribution in [3.8, 4) is 0 Å². The lowest BCUT2D eigenvalue weighted by atomic mass is 10.1. The molecule has 3 nitrogen and oxygen atoms in total. The molecule has 0 saturated heterocycles. The fraction of sp³-hybridized carbons (Fsp3) is 0.357. The Morgan fingerprint density at radius 1 is 1.39 bits per heavy atom. The molecule has 0 spiro atoms. The second-order valence-electron chi connectivity index (χ2n) is 4.30. The zero-order valence-corrected chi connectivity index (χ0v) is 11.8. The summed E-state index contributed by atoms with van der Waals surface area (Å²) in [5.74, 6) is -0.0167. The zero-order chi connectivity index (χ0) is 12.8. The molecule has 1 aromatic carbocycles. The van der Waals surface area contributed by atoms with E-state index in [2.05, 4.69) is 32.6 Å². The first-order chi connectivity index (χ1) is 8.77. The summed E-state index contributed by atoms with van der Waals surface area (Å²) in [7, 11) is 0. The highest BCUT2D eigenvalue weighted by molar-refractivity contribution is 9.10. The van der Waals surface area contributed by atoms with Crippen LogP contribution >= 0.6 is 15.9 Å². The van der Waals surface area contributed by atoms with Crippen LogP contribution in [0.3, 0.4) is 0 Å². The average molecular weight is 309 g/mol. The monoisotopic (exact) mass is 308 g/mol. The lowest BCUT2D eigenvalue weighted by molar-refractivity contribution is 0.0953. The molecule has 0 saturated carbocycles. The van der Waals surface area contributed by atoms with Crippen molar-refractivity contribution in [3.63, 3.8) is 0 Å². The largest absolute Gasteiger partial charge is 0.352 e. The van der Waals surface area contributed by atoms with Crippen LogP contribution in [0.4, 0.5) is 0 Å². The molecule has 1 amide bonds. The topological polar surface area (TPSA) is 41.1 Å². The minimum atomic E-state index is -0.0167. The van der Waals surface area contributed by atoms with Gasteiger partial charge < -0.3 is 10.6 Å². The van der Waals surface area contributed by atoms with Crippen LogP contribution in [0.1, 0.15) is 23.2 Å². The third-order valence-corrected chi connectivity index (χ3v) is 3.70. The van der Waals surface area contributed by atoms with Gasteiger partial charge in [-0.1, -0.05) is 23.8 Å². The highest BCUT2D eigenvalue weighted by atomic mass is 79.9. The smallest absolute Gasteiger partial charge is 0.252 e. The summed E-state index contributed by atoms with van der Waals surface area (Å²) in [4.78, 5) is 11.9. The summed E-state index contributed by atoms with van der Waals surface area (Å²) in [5, 5.41) is 6.23. The molecule has 0 atom stereocenters. The van der Waals surface area contributed by atoms with Gasteiger partial charge in [0, 0.05) is 17.6 Å². The maximum Gasteiger partial charge on any atom is 0.252 e. The molecule has 0 fully saturated rings. The lowest BCUT2D eigenvalue weighted by Gasteiger charge is -2.14. The van der Waals surface area contributed by atoms with E-state index >= 15 is 0 Å². The summed E-state index contributed by atoms with van der Waals surface area (Å²) in [6.07, 6.45) is 4.25. The van der Waals surface area contributed by atoms with Gasteiger partial charge in [-0.3, -0.25) is 4.79 Å². The van der Waals surface area contributed by atoms with Crippen LogP contribution in [-0.4, -0.2) is 25.5 Å². The van der Waals surface area contributed by atoms with E-state index in [0.29, 0.717) is 12.1 Å². The molecule has 2 rings (SSSR count). The molecule has 4 heteroatoms. The van der Waals surface area contributed by atoms with Crippen LogP contribution in [0, 0.1) is 0 Å². The van der Waals surface area contributed by atoms with Crippen molar-refractivity contribution in [1.29, 1.82) is 0 Å². The van der Waals surface area contributed by atoms with Crippen molar-refractivity contribution in [3.05, 3.63) is 46.0 Å². The summed E-state index contributed by atoms with van der Waals surface area (Å²) in [6.45, 7) is 2.70. The first-order valence-corrected chi connectivity index (χ1v) is 6.98. The summed E-state index contributed by atoms with van der Waals surface area (Å²) >= 11 is 3.38. The predicted octanol–water partition coefficient (Wildman–Crippen LogP) is 2.49. The van der Waals surface area contributed by atoms with Crippen LogP contribution in [0.5, 0.6) is 0 Å². The Morgan fingerprint density at radius 2 is 2.22 bits per heavy atom. The van der Waals surface area contributed by atoms with E-state index in [-0.39, 0.29) is 5.91 Å². The van der Waals surface area contributed by atoms with Gasteiger partial charge in [-0.2, -0.15) is 0 Å². The molecule has 0 aromatic heterocycles. The Morgan fingerprint density at radius 3 is 2.94 bits per heavy atom. The standard InChI is InChI=1S/C14H17BrN2O/c15-13-4-2-1-3-12(13)14(18)17-10-7-11-5-8-16-9-6-11/h1-5,16H,6-10H2,(H,17,18). The Bertz CT molecular complexity index is 457. The third kappa shape index (κ3) is 3.68. The molecule has 1 aromatic rings. The van der Waals surface area contributed by atoms with Crippen molar-refractivity contribution in [1.82, 2.24) is 10.6 Å². The van der Waals surface area contributed by atoms with Crippen LogP contribution in [0.15, 0.2) is 40.4 Å². The van der Waals surface area contributed by atoms with Crippen LogP contribution in [0.2, 0.25) is 0 Å². The minimum absolute atomic E-state index is 0.0167. The molecule has 96 valence electrons. The summed E-state index contributed by atoms with van der Waals surface area (Å²) in [5.41, 5.74) is 2.12. The van der Waals surface area contributed by atoms with Gasteiger partial charge in [0.05, 0.1) is 5.56 Å². The van der Waals surface area contributed by atoms with Crippen molar-refractivity contribution in [2.75, 3.05) is 19.6 Å². The molecule has 0 bridgehead atoms. The van der Waals surface area contributed by atoms with Crippen molar-refractivity contribution < 1.29 is 4.79 Å². The zero-order valence-electron chi connectivity index (χ0n) is 10.2. The van der Waals surface area contributed by atoms with Crippen molar-refractivity contribution >= 4 is 21.8 Å². The number of amides is 1. The minimum Gasteiger partial charge on any atom is -0.352 e. The number of hydrogen-bond donors (Lipinski definition) is 2. The first kappa shape index (κ1) is 13.3. The molecule has 0 radical (unpaired) electrons. The SMILES string of the molecule is O=C(NCCC1=CCNCC1)c1ccccc1Br. The van der Waals surface area contributed by atoms with E-state index in [1.807, 2.05) is 24.3 Å². The van der Waals surface area contributed by atoms with E-state index < -0.39 is 0 Å². The normalized spacial score (nSPS) is 15.1. The third-order valence-electron chi connectivity index (χ3n) is 3.01. The lowest BCUT2D eigenvalue weighted by Crippen LogP contribution is -2.26. The van der Waals surface area contributed by atoms with Crippen molar-refractivity contribution in [2.24, 2.45) is 0 Å². The summed E-state index contributed by atoms with van der Waals surface area (Å²) in [6, 6.07) is 7.48. The molecule has 0 unspecified atom stereocenters. The number of carbonyl (C=O) groups is 1. The molecule has 1 heterocycles. The maximum atomic E-state index is 11.9. The quantitative estimate of drug-likeness (QED) is 0.839. The highest BCUT2D eigenvalue weighted by Gasteiger charge is 2.09. The second kappa shape index (κ2) is 6.71. The second-order valence-corrected chi connectivity index (χ2v) is 5.16. The van der Waals surface area contributed by atoms with E-state index in [1.54, 1.807) is 0 Å². The van der Waals surface area contributed by atoms with E-state index in [4.69, 9.17) is 0 Å². The Labute approximate surface area is 116 Å². The molecule has 1 aliphatic heterocycles. The van der Waals surface area contributed by atoms with E-state index in [0.717, 1.165) is 30.4 Å². The van der Waals surface area contributed by atoms with Crippen molar-refractivity contribution in [2.45, 2.75) is 12.8 Å². The number of benzene rings is 1. The predicted molar refractivity (Wildman–Crippen MR) is 76.7 cm³/mol. The average Bonchev–Trinajstić information content (AvgIpc) is 2.40. The number of carbonyl (C=O) groups excluding carboxylic acids is 1. The fourth-order valence-electron chi connectivity index (χ4n) is 1.97. The molecule has 1 aliphatic rings. The molecule has 0 aliphatic carbocycles. The van der Waals surface area contributed by atoms with Gasteiger partial charge in [-0.05, 0) is 47.4 Å². The van der Waals surface area contributed by atoms with Crippen LogP contribution in [-0.2, 0) is 0 Å². The van der Waals surface area contributed by atoms with Gasteiger partial charge in [-0.25, -0.2) is 0 Å². The maximum absolute atomic E-state index is 11.9. The number of rotatable bonds is 4. The molecular weight excluding hydrogens is 292 g/mol. The highest BCUT2D eigenvalue weighted by Crippen LogP contribution is 2.15. The van der Waals surface area contributed by atoms with Gasteiger partial charge >= 0.3 is 0 Å². The number of halogens is 1. The van der Waals surface area contributed by atoms with E-state index in [9.17, 15) is 4.79 Å². The van der Waals surface area contributed by atoms with E-state index in [1.165, 1.54) is 5.57 Å². The Balaban J connectivity index is 1.82. The Kier molecular flexibility index (Phi) is 4.96. The molecule has 2 N–H and O–H groups in total. The number of hydrogen-bond acceptors (Lipinski definition) is 2. The molecule has 18 heavy (non-hydrogen) atoms. The fourth-order valence-corrected chi connectivity index (χ4v) is 2.44. The van der Waals surface area contributed by atoms with Gasteiger partial charge in [0.2, 0.25) is 0 Å². The molecular formula is C14H17BrN2O. The van der Waals surface area contributed by atoms with Gasteiger partial charge in [-0.15, -0.1) is 0 Å². The van der Waals surface area contributed by atoms with Crippen LogP contribution < -0.4 is 10.6 Å². The van der Waals surface area contributed by atoms with Gasteiger partial charge in [0.15, 0.2) is 0 Å². The number of nitrogens with one attached hydrogen (secondary N) is 2. The van der Waals surface area contributed by atoms with Crippen LogP contribution in [0.25, 0.3) is 0 Å². The van der Waals surface area contributed by atoms with Gasteiger partial charge in [0.1, 0.15) is 0 Å².